The first-order valence-electron chi connectivity index (χ1n) is 6.15. The molecule has 0 fully saturated rings. The smallest absolute Gasteiger partial charge is 0.326 e. The zero-order chi connectivity index (χ0) is 16.0. The number of carbonyl (C=O) groups is 2. The first-order valence-corrected chi connectivity index (χ1v) is 8.92. The van der Waals surface area contributed by atoms with Crippen molar-refractivity contribution in [3.05, 3.63) is 11.1 Å². The second kappa shape index (κ2) is 7.36. The van der Waals surface area contributed by atoms with E-state index in [2.05, 4.69) is 15.0 Å². The topological polar surface area (TPSA) is 125 Å². The van der Waals surface area contributed by atoms with Crippen molar-refractivity contribution >= 4 is 38.4 Å². The highest BCUT2D eigenvalue weighted by atomic mass is 32.2. The molecule has 0 bridgehead atoms. The van der Waals surface area contributed by atoms with Gasteiger partial charge >= 0.3 is 5.97 Å². The van der Waals surface area contributed by atoms with Gasteiger partial charge in [0.25, 0.3) is 0 Å². The van der Waals surface area contributed by atoms with Crippen molar-refractivity contribution in [3.8, 4) is 0 Å². The first kappa shape index (κ1) is 17.4. The van der Waals surface area contributed by atoms with Crippen LogP contribution in [0.15, 0.2) is 5.38 Å². The third-order valence-corrected chi connectivity index (χ3v) is 3.88. The fraction of sp³-hybridized carbons (Fsp3) is 0.545. The second-order valence-corrected chi connectivity index (χ2v) is 7.05. The maximum atomic E-state index is 11.7. The molecule has 0 unspecified atom stereocenters. The van der Waals surface area contributed by atoms with Crippen LogP contribution in [0.5, 0.6) is 0 Å². The number of hydrogen-bond donors (Lipinski definition) is 3. The maximum absolute atomic E-state index is 11.7. The molecule has 118 valence electrons. The lowest BCUT2D eigenvalue weighted by Gasteiger charge is -2.12. The second-order valence-electron chi connectivity index (χ2n) is 4.44. The van der Waals surface area contributed by atoms with Gasteiger partial charge in [-0.15, -0.1) is 11.3 Å². The number of aliphatic carboxylic acids is 1. The van der Waals surface area contributed by atoms with Gasteiger partial charge in [0.05, 0.1) is 18.4 Å². The largest absolute Gasteiger partial charge is 0.480 e. The van der Waals surface area contributed by atoms with Crippen LogP contribution >= 0.6 is 11.3 Å². The number of rotatable bonds is 8. The lowest BCUT2D eigenvalue weighted by atomic mass is 10.1. The van der Waals surface area contributed by atoms with E-state index in [0.29, 0.717) is 18.5 Å². The number of carboxylic acids is 1. The standard InChI is InChI=1S/C11H17N3O5S2/c1-3-4-8(10(16)17)13-9(15)5-7-6-20-11(12-7)14-21(2,18)19/h6,8H,3-5H2,1-2H3,(H,12,14)(H,13,15)(H,16,17)/t8-/m1/s1. The highest BCUT2D eigenvalue weighted by molar-refractivity contribution is 7.92. The number of nitrogens with one attached hydrogen (secondary N) is 2. The average molecular weight is 335 g/mol. The Hall–Kier alpha value is -1.68. The molecule has 0 saturated heterocycles. The van der Waals surface area contributed by atoms with Crippen LogP contribution in [0.4, 0.5) is 5.13 Å². The van der Waals surface area contributed by atoms with Gasteiger partial charge in [-0.1, -0.05) is 13.3 Å². The van der Waals surface area contributed by atoms with Crippen molar-refractivity contribution in [1.29, 1.82) is 0 Å². The van der Waals surface area contributed by atoms with E-state index in [0.717, 1.165) is 17.6 Å². The molecule has 21 heavy (non-hydrogen) atoms. The Balaban J connectivity index is 2.60. The molecule has 0 saturated carbocycles. The highest BCUT2D eigenvalue weighted by Crippen LogP contribution is 2.16. The van der Waals surface area contributed by atoms with Crippen LogP contribution in [0.1, 0.15) is 25.5 Å². The summed E-state index contributed by atoms with van der Waals surface area (Å²) in [6.07, 6.45) is 1.88. The van der Waals surface area contributed by atoms with Gasteiger partial charge in [-0.2, -0.15) is 0 Å². The minimum absolute atomic E-state index is 0.102. The summed E-state index contributed by atoms with van der Waals surface area (Å²) in [7, 11) is -3.41. The molecule has 0 aliphatic rings. The molecule has 0 spiro atoms. The SMILES string of the molecule is CCC[C@@H](NC(=O)Cc1csc(NS(C)(=O)=O)n1)C(=O)O. The van der Waals surface area contributed by atoms with E-state index in [-0.39, 0.29) is 11.6 Å². The average Bonchev–Trinajstić information content (AvgIpc) is 2.73. The van der Waals surface area contributed by atoms with Crippen molar-refractivity contribution in [2.24, 2.45) is 0 Å². The normalized spacial score (nSPS) is 12.7. The van der Waals surface area contributed by atoms with E-state index in [1.54, 1.807) is 5.38 Å². The summed E-state index contributed by atoms with van der Waals surface area (Å²) in [6.45, 7) is 1.83. The molecule has 1 aromatic rings. The summed E-state index contributed by atoms with van der Waals surface area (Å²) in [5, 5.41) is 13.1. The minimum atomic E-state index is -3.41. The van der Waals surface area contributed by atoms with Crippen LogP contribution in [-0.4, -0.2) is 42.7 Å². The fourth-order valence-electron chi connectivity index (χ4n) is 1.55. The molecule has 1 aromatic heterocycles. The fourth-order valence-corrected chi connectivity index (χ4v) is 3.11. The molecule has 0 aliphatic heterocycles. The Morgan fingerprint density at radius 3 is 2.67 bits per heavy atom. The van der Waals surface area contributed by atoms with Crippen LogP contribution < -0.4 is 10.0 Å². The van der Waals surface area contributed by atoms with Crippen LogP contribution in [0.2, 0.25) is 0 Å². The Morgan fingerprint density at radius 1 is 1.48 bits per heavy atom. The molecule has 8 nitrogen and oxygen atoms in total. The Morgan fingerprint density at radius 2 is 2.14 bits per heavy atom. The predicted molar refractivity (Wildman–Crippen MR) is 78.8 cm³/mol. The van der Waals surface area contributed by atoms with E-state index in [9.17, 15) is 18.0 Å². The van der Waals surface area contributed by atoms with Crippen molar-refractivity contribution in [1.82, 2.24) is 10.3 Å². The number of anilines is 1. The molecule has 1 heterocycles. The third-order valence-electron chi connectivity index (χ3n) is 2.38. The van der Waals surface area contributed by atoms with Crippen LogP contribution in [0.25, 0.3) is 0 Å². The van der Waals surface area contributed by atoms with Crippen LogP contribution in [0, 0.1) is 0 Å². The number of hydrogen-bond acceptors (Lipinski definition) is 6. The van der Waals surface area contributed by atoms with Crippen molar-refractivity contribution < 1.29 is 23.1 Å². The van der Waals surface area contributed by atoms with Crippen molar-refractivity contribution in [2.45, 2.75) is 32.2 Å². The highest BCUT2D eigenvalue weighted by Gasteiger charge is 2.19. The quantitative estimate of drug-likeness (QED) is 0.632. The summed E-state index contributed by atoms with van der Waals surface area (Å²) in [5.74, 6) is -1.55. The van der Waals surface area contributed by atoms with Crippen LogP contribution in [-0.2, 0) is 26.0 Å². The molecule has 0 aromatic carbocycles. The zero-order valence-electron chi connectivity index (χ0n) is 11.6. The number of carbonyl (C=O) groups excluding carboxylic acids is 1. The molecule has 1 amide bonds. The predicted octanol–water partition coefficient (Wildman–Crippen LogP) is 0.427. The number of aromatic nitrogens is 1. The van der Waals surface area contributed by atoms with Gasteiger partial charge in [0, 0.05) is 5.38 Å². The van der Waals surface area contributed by atoms with Gasteiger partial charge in [-0.25, -0.2) is 18.2 Å². The first-order chi connectivity index (χ1) is 9.71. The molecule has 0 aliphatic carbocycles. The third kappa shape index (κ3) is 6.54. The molecule has 0 radical (unpaired) electrons. The maximum Gasteiger partial charge on any atom is 0.326 e. The van der Waals surface area contributed by atoms with Gasteiger partial charge in [0.15, 0.2) is 5.13 Å². The summed E-state index contributed by atoms with van der Waals surface area (Å²) in [5.41, 5.74) is 0.379. The van der Waals surface area contributed by atoms with Gasteiger partial charge in [0.2, 0.25) is 15.9 Å². The molecular formula is C11H17N3O5S2. The number of amides is 1. The lowest BCUT2D eigenvalue weighted by molar-refractivity contribution is -0.141. The van der Waals surface area contributed by atoms with Crippen molar-refractivity contribution in [2.75, 3.05) is 11.0 Å². The molecule has 3 N–H and O–H groups in total. The van der Waals surface area contributed by atoms with E-state index in [1.807, 2.05) is 6.92 Å². The molecular weight excluding hydrogens is 318 g/mol. The van der Waals surface area contributed by atoms with E-state index < -0.39 is 27.9 Å². The Labute approximate surface area is 126 Å². The number of carboxylic acid groups (broad SMARTS) is 1. The monoisotopic (exact) mass is 335 g/mol. The van der Waals surface area contributed by atoms with Crippen LogP contribution in [0.3, 0.4) is 0 Å². The summed E-state index contributed by atoms with van der Waals surface area (Å²) in [6, 6.07) is -0.922. The molecule has 10 heteroatoms. The van der Waals surface area contributed by atoms with Crippen molar-refractivity contribution in [3.63, 3.8) is 0 Å². The summed E-state index contributed by atoms with van der Waals surface area (Å²) < 4.78 is 24.3. The van der Waals surface area contributed by atoms with Gasteiger partial charge < -0.3 is 10.4 Å². The van der Waals surface area contributed by atoms with E-state index in [1.165, 1.54) is 0 Å². The minimum Gasteiger partial charge on any atom is -0.480 e. The number of sulfonamides is 1. The van der Waals surface area contributed by atoms with Gasteiger partial charge in [-0.05, 0) is 6.42 Å². The molecule has 1 rings (SSSR count). The summed E-state index contributed by atoms with van der Waals surface area (Å²) in [4.78, 5) is 26.6. The van der Waals surface area contributed by atoms with E-state index in [4.69, 9.17) is 5.11 Å². The Bertz CT molecular complexity index is 611. The zero-order valence-corrected chi connectivity index (χ0v) is 13.3. The number of nitrogens with zero attached hydrogens (tertiary/aromatic N) is 1. The summed E-state index contributed by atoms with van der Waals surface area (Å²) >= 11 is 1.06. The van der Waals surface area contributed by atoms with Gasteiger partial charge in [0.1, 0.15) is 6.04 Å². The van der Waals surface area contributed by atoms with E-state index >= 15 is 0 Å². The molecule has 1 atom stereocenters. The number of thiazole rings is 1. The Kier molecular flexibility index (Phi) is 6.09. The lowest BCUT2D eigenvalue weighted by Crippen LogP contribution is -2.41. The van der Waals surface area contributed by atoms with Gasteiger partial charge in [-0.3, -0.25) is 9.52 Å².